The van der Waals surface area contributed by atoms with Gasteiger partial charge in [0.25, 0.3) is 0 Å². The lowest BCUT2D eigenvalue weighted by molar-refractivity contribution is -0.131. The molecule has 4 nitrogen and oxygen atoms in total. The predicted octanol–water partition coefficient (Wildman–Crippen LogP) is 3.01. The SMILES string of the molecule is COc1ccc(N2C[C@H]3C[C@@H]2CN3C(=O)Cc2ccc(F)c(F)c2)cc1. The van der Waals surface area contributed by atoms with Gasteiger partial charge in [0.05, 0.1) is 19.6 Å². The monoisotopic (exact) mass is 358 g/mol. The largest absolute Gasteiger partial charge is 0.497 e. The Morgan fingerprint density at radius 3 is 2.46 bits per heavy atom. The maximum Gasteiger partial charge on any atom is 0.227 e. The number of ether oxygens (including phenoxy) is 1. The smallest absolute Gasteiger partial charge is 0.227 e. The first-order valence-electron chi connectivity index (χ1n) is 8.69. The van der Waals surface area contributed by atoms with E-state index < -0.39 is 11.6 Å². The van der Waals surface area contributed by atoms with E-state index in [1.54, 1.807) is 7.11 Å². The molecule has 0 aromatic heterocycles. The molecule has 2 heterocycles. The van der Waals surface area contributed by atoms with Gasteiger partial charge in [0.2, 0.25) is 5.91 Å². The lowest BCUT2D eigenvalue weighted by Gasteiger charge is -2.35. The van der Waals surface area contributed by atoms with Gasteiger partial charge < -0.3 is 14.5 Å². The van der Waals surface area contributed by atoms with Gasteiger partial charge >= 0.3 is 0 Å². The van der Waals surface area contributed by atoms with Gasteiger partial charge in [-0.1, -0.05) is 6.07 Å². The van der Waals surface area contributed by atoms with Gasteiger partial charge in [-0.2, -0.15) is 0 Å². The van der Waals surface area contributed by atoms with Crippen LogP contribution in [-0.2, 0) is 11.2 Å². The van der Waals surface area contributed by atoms with Crippen molar-refractivity contribution in [2.75, 3.05) is 25.1 Å². The van der Waals surface area contributed by atoms with Crippen LogP contribution in [0.3, 0.4) is 0 Å². The lowest BCUT2D eigenvalue weighted by atomic mass is 10.1. The van der Waals surface area contributed by atoms with Crippen molar-refractivity contribution < 1.29 is 18.3 Å². The zero-order chi connectivity index (χ0) is 18.3. The highest BCUT2D eigenvalue weighted by molar-refractivity contribution is 5.80. The summed E-state index contributed by atoms with van der Waals surface area (Å²) in [6.07, 6.45) is 1.04. The molecule has 4 rings (SSSR count). The van der Waals surface area contributed by atoms with Gasteiger partial charge in [-0.15, -0.1) is 0 Å². The summed E-state index contributed by atoms with van der Waals surface area (Å²) in [7, 11) is 1.64. The third kappa shape index (κ3) is 3.00. The summed E-state index contributed by atoms with van der Waals surface area (Å²) in [4.78, 5) is 16.8. The number of likely N-dealkylation sites (tertiary alicyclic amines) is 1. The van der Waals surface area contributed by atoms with E-state index in [0.29, 0.717) is 18.2 Å². The Kier molecular flexibility index (Phi) is 4.26. The second-order valence-electron chi connectivity index (χ2n) is 6.87. The van der Waals surface area contributed by atoms with Gasteiger partial charge in [-0.05, 0) is 48.4 Å². The first-order valence-corrected chi connectivity index (χ1v) is 8.69. The second-order valence-corrected chi connectivity index (χ2v) is 6.87. The molecule has 26 heavy (non-hydrogen) atoms. The van der Waals surface area contributed by atoms with Crippen LogP contribution in [-0.4, -0.2) is 43.1 Å². The second kappa shape index (κ2) is 6.59. The standard InChI is InChI=1S/C20H20F2N2O2/c1-26-17-5-3-14(4-6-17)23-11-16-10-15(23)12-24(16)20(25)9-13-2-7-18(21)19(22)8-13/h2-8,15-16H,9-12H2,1H3/t15-,16-/m1/s1. The minimum Gasteiger partial charge on any atom is -0.497 e. The number of piperazine rings is 1. The summed E-state index contributed by atoms with van der Waals surface area (Å²) in [6.45, 7) is 1.46. The highest BCUT2D eigenvalue weighted by atomic mass is 19.2. The molecule has 0 radical (unpaired) electrons. The van der Waals surface area contributed by atoms with Crippen molar-refractivity contribution >= 4 is 11.6 Å². The number of hydrogen-bond acceptors (Lipinski definition) is 3. The van der Waals surface area contributed by atoms with Crippen LogP contribution in [0.5, 0.6) is 5.75 Å². The molecular weight excluding hydrogens is 338 g/mol. The molecule has 0 unspecified atom stereocenters. The molecule has 2 aromatic carbocycles. The molecular formula is C20H20F2N2O2. The molecule has 0 aliphatic carbocycles. The number of fused-ring (bicyclic) bond motifs is 2. The van der Waals surface area contributed by atoms with Gasteiger partial charge in [0.1, 0.15) is 5.75 Å². The lowest BCUT2D eigenvalue weighted by Crippen LogP contribution is -2.49. The van der Waals surface area contributed by atoms with Crippen LogP contribution < -0.4 is 9.64 Å². The molecule has 0 spiro atoms. The third-order valence-corrected chi connectivity index (χ3v) is 5.30. The molecule has 136 valence electrons. The molecule has 2 fully saturated rings. The summed E-state index contributed by atoms with van der Waals surface area (Å²) in [5.74, 6) is -1.01. The Hall–Kier alpha value is -2.63. The Morgan fingerprint density at radius 1 is 1.08 bits per heavy atom. The number of benzene rings is 2. The summed E-state index contributed by atoms with van der Waals surface area (Å²) >= 11 is 0. The van der Waals surface area contributed by atoms with E-state index in [1.807, 2.05) is 29.2 Å². The molecule has 2 saturated heterocycles. The Balaban J connectivity index is 1.41. The Morgan fingerprint density at radius 2 is 1.85 bits per heavy atom. The molecule has 2 atom stereocenters. The number of carbonyl (C=O) groups is 1. The van der Waals surface area contributed by atoms with Gasteiger partial charge in [-0.3, -0.25) is 4.79 Å². The number of methoxy groups -OCH3 is 1. The molecule has 0 saturated carbocycles. The molecule has 2 bridgehead atoms. The average molecular weight is 358 g/mol. The van der Waals surface area contributed by atoms with Gasteiger partial charge in [-0.25, -0.2) is 8.78 Å². The van der Waals surface area contributed by atoms with E-state index in [0.717, 1.165) is 36.5 Å². The average Bonchev–Trinajstić information content (AvgIpc) is 3.26. The van der Waals surface area contributed by atoms with Crippen molar-refractivity contribution in [1.29, 1.82) is 0 Å². The van der Waals surface area contributed by atoms with Crippen LogP contribution in [0, 0.1) is 11.6 Å². The minimum atomic E-state index is -0.913. The number of nitrogens with zero attached hydrogens (tertiary/aromatic N) is 2. The van der Waals surface area contributed by atoms with Crippen LogP contribution in [0.4, 0.5) is 14.5 Å². The van der Waals surface area contributed by atoms with Crippen molar-refractivity contribution in [2.24, 2.45) is 0 Å². The Labute approximate surface area is 151 Å². The first kappa shape index (κ1) is 16.8. The van der Waals surface area contributed by atoms with Crippen molar-refractivity contribution in [3.8, 4) is 5.75 Å². The molecule has 1 amide bonds. The van der Waals surface area contributed by atoms with Crippen molar-refractivity contribution in [3.63, 3.8) is 0 Å². The highest BCUT2D eigenvalue weighted by Crippen LogP contribution is 2.35. The summed E-state index contributed by atoms with van der Waals surface area (Å²) in [5.41, 5.74) is 1.63. The highest BCUT2D eigenvalue weighted by Gasteiger charge is 2.45. The van der Waals surface area contributed by atoms with Gasteiger partial charge in [0.15, 0.2) is 11.6 Å². The number of carbonyl (C=O) groups excluding carboxylic acids is 1. The van der Waals surface area contributed by atoms with E-state index in [2.05, 4.69) is 4.90 Å². The van der Waals surface area contributed by atoms with Crippen molar-refractivity contribution in [3.05, 3.63) is 59.7 Å². The summed E-state index contributed by atoms with van der Waals surface area (Å²) < 4.78 is 31.6. The molecule has 2 aliphatic heterocycles. The van der Waals surface area contributed by atoms with E-state index >= 15 is 0 Å². The van der Waals surface area contributed by atoms with E-state index in [1.165, 1.54) is 6.07 Å². The van der Waals surface area contributed by atoms with E-state index in [9.17, 15) is 13.6 Å². The van der Waals surface area contributed by atoms with Gasteiger partial charge in [0, 0.05) is 24.8 Å². The zero-order valence-electron chi connectivity index (χ0n) is 14.5. The first-order chi connectivity index (χ1) is 12.5. The molecule has 0 N–H and O–H groups in total. The molecule has 2 aromatic rings. The minimum absolute atomic E-state index is 0.0297. The van der Waals surface area contributed by atoms with Crippen LogP contribution >= 0.6 is 0 Å². The van der Waals surface area contributed by atoms with Crippen LogP contribution in [0.2, 0.25) is 0 Å². The van der Waals surface area contributed by atoms with E-state index in [-0.39, 0.29) is 18.4 Å². The Bertz CT molecular complexity index is 825. The van der Waals surface area contributed by atoms with Crippen LogP contribution in [0.25, 0.3) is 0 Å². The predicted molar refractivity (Wildman–Crippen MR) is 94.3 cm³/mol. The van der Waals surface area contributed by atoms with Crippen LogP contribution in [0.1, 0.15) is 12.0 Å². The number of halogens is 2. The third-order valence-electron chi connectivity index (χ3n) is 5.30. The van der Waals surface area contributed by atoms with Crippen molar-refractivity contribution in [1.82, 2.24) is 4.90 Å². The fourth-order valence-electron chi connectivity index (χ4n) is 3.99. The molecule has 6 heteroatoms. The number of anilines is 1. The topological polar surface area (TPSA) is 32.8 Å². The molecule has 2 aliphatic rings. The zero-order valence-corrected chi connectivity index (χ0v) is 14.5. The van der Waals surface area contributed by atoms with Crippen molar-refractivity contribution in [2.45, 2.75) is 24.9 Å². The summed E-state index contributed by atoms with van der Waals surface area (Å²) in [5, 5.41) is 0. The maximum atomic E-state index is 13.3. The fourth-order valence-corrected chi connectivity index (χ4v) is 3.99. The number of amides is 1. The maximum absolute atomic E-state index is 13.3. The van der Waals surface area contributed by atoms with E-state index in [4.69, 9.17) is 4.74 Å². The summed E-state index contributed by atoms with van der Waals surface area (Å²) in [6, 6.07) is 12.0. The van der Waals surface area contributed by atoms with Crippen LogP contribution in [0.15, 0.2) is 42.5 Å². The number of rotatable bonds is 4. The normalized spacial score (nSPS) is 21.3. The number of hydrogen-bond donors (Lipinski definition) is 0. The quantitative estimate of drug-likeness (QED) is 0.842. The fraction of sp³-hybridized carbons (Fsp3) is 0.350.